The van der Waals surface area contributed by atoms with Gasteiger partial charge in [-0.05, 0) is 66.2 Å². The van der Waals surface area contributed by atoms with Crippen LogP contribution in [0.2, 0.25) is 0 Å². The average molecular weight is 375 g/mol. The van der Waals surface area contributed by atoms with Crippen LogP contribution in [0.5, 0.6) is 5.75 Å². The molecule has 3 rings (SSSR count). The molecule has 0 amide bonds. The predicted molar refractivity (Wildman–Crippen MR) is 115 cm³/mol. The number of hydrogen-bond acceptors (Lipinski definition) is 3. The summed E-state index contributed by atoms with van der Waals surface area (Å²) in [5.41, 5.74) is 7.00. The van der Waals surface area contributed by atoms with Gasteiger partial charge in [0.15, 0.2) is 5.11 Å². The first kappa shape index (κ1) is 18.6. The molecule has 0 heterocycles. The van der Waals surface area contributed by atoms with Crippen LogP contribution >= 0.6 is 12.2 Å². The predicted octanol–water partition coefficient (Wildman–Crippen LogP) is 4.89. The lowest BCUT2D eigenvalue weighted by molar-refractivity contribution is 0.306. The van der Waals surface area contributed by atoms with Gasteiger partial charge in [-0.2, -0.15) is 5.10 Å². The first-order valence-electron chi connectivity index (χ1n) is 8.63. The summed E-state index contributed by atoms with van der Waals surface area (Å²) < 4.78 is 5.78. The molecule has 136 valence electrons. The molecule has 0 aliphatic rings. The number of rotatable bonds is 6. The highest BCUT2D eigenvalue weighted by atomic mass is 32.1. The maximum absolute atomic E-state index is 5.78. The molecule has 2 N–H and O–H groups in total. The fourth-order valence-corrected chi connectivity index (χ4v) is 2.58. The number of nitrogens with one attached hydrogen (secondary N) is 2. The summed E-state index contributed by atoms with van der Waals surface area (Å²) in [6, 6.07) is 25.8. The molecule has 0 atom stereocenters. The van der Waals surface area contributed by atoms with E-state index in [2.05, 4.69) is 15.8 Å². The van der Waals surface area contributed by atoms with Gasteiger partial charge in [-0.3, -0.25) is 5.43 Å². The van der Waals surface area contributed by atoms with Gasteiger partial charge < -0.3 is 10.1 Å². The monoisotopic (exact) mass is 375 g/mol. The van der Waals surface area contributed by atoms with Gasteiger partial charge in [0.25, 0.3) is 0 Å². The van der Waals surface area contributed by atoms with E-state index in [4.69, 9.17) is 17.0 Å². The smallest absolute Gasteiger partial charge is 0.191 e. The molecular formula is C22H21N3OS. The average Bonchev–Trinajstić information content (AvgIpc) is 2.70. The van der Waals surface area contributed by atoms with Gasteiger partial charge in [-0.15, -0.1) is 0 Å². The Balaban J connectivity index is 1.47. The number of hydrazone groups is 1. The lowest BCUT2D eigenvalue weighted by Gasteiger charge is -2.09. The van der Waals surface area contributed by atoms with Crippen LogP contribution in [0.3, 0.4) is 0 Å². The highest BCUT2D eigenvalue weighted by molar-refractivity contribution is 7.80. The summed E-state index contributed by atoms with van der Waals surface area (Å²) in [5, 5.41) is 7.74. The van der Waals surface area contributed by atoms with E-state index in [-0.39, 0.29) is 0 Å². The number of hydrogen-bond donors (Lipinski definition) is 2. The third-order valence-electron chi connectivity index (χ3n) is 3.90. The van der Waals surface area contributed by atoms with Crippen molar-refractivity contribution in [1.29, 1.82) is 0 Å². The third kappa shape index (κ3) is 5.94. The fourth-order valence-electron chi connectivity index (χ4n) is 2.42. The maximum atomic E-state index is 5.78. The second-order valence-electron chi connectivity index (χ2n) is 5.98. The maximum Gasteiger partial charge on any atom is 0.191 e. The van der Waals surface area contributed by atoms with E-state index in [1.807, 2.05) is 85.8 Å². The molecule has 0 bridgehead atoms. The van der Waals surface area contributed by atoms with Crippen molar-refractivity contribution in [2.75, 3.05) is 5.32 Å². The van der Waals surface area contributed by atoms with Crippen molar-refractivity contribution in [1.82, 2.24) is 5.43 Å². The van der Waals surface area contributed by atoms with Crippen LogP contribution in [0, 0.1) is 6.92 Å². The number of thiocarbonyl (C=S) groups is 1. The minimum atomic E-state index is 0.448. The van der Waals surface area contributed by atoms with Gasteiger partial charge in [-0.1, -0.05) is 48.5 Å². The molecule has 4 nitrogen and oxygen atoms in total. The summed E-state index contributed by atoms with van der Waals surface area (Å²) in [7, 11) is 0. The zero-order valence-corrected chi connectivity index (χ0v) is 15.9. The molecule has 0 fully saturated rings. The largest absolute Gasteiger partial charge is 0.489 e. The molecule has 0 aromatic heterocycles. The number of aryl methyl sites for hydroxylation is 1. The molecule has 0 saturated carbocycles. The highest BCUT2D eigenvalue weighted by Gasteiger charge is 1.99. The van der Waals surface area contributed by atoms with E-state index in [9.17, 15) is 0 Å². The Kier molecular flexibility index (Phi) is 6.55. The van der Waals surface area contributed by atoms with Crippen molar-refractivity contribution < 1.29 is 4.74 Å². The molecule has 5 heteroatoms. The molecule has 0 radical (unpaired) electrons. The molecule has 0 unspecified atom stereocenters. The van der Waals surface area contributed by atoms with Crippen molar-refractivity contribution in [2.24, 2.45) is 5.10 Å². The molecule has 0 saturated heterocycles. The molecule has 3 aromatic carbocycles. The Morgan fingerprint density at radius 3 is 2.41 bits per heavy atom. The van der Waals surface area contributed by atoms with E-state index >= 15 is 0 Å². The Morgan fingerprint density at radius 1 is 0.963 bits per heavy atom. The van der Waals surface area contributed by atoms with Crippen LogP contribution in [0.15, 0.2) is 84.0 Å². The normalized spacial score (nSPS) is 10.6. The van der Waals surface area contributed by atoms with Crippen molar-refractivity contribution in [3.05, 3.63) is 95.6 Å². The number of anilines is 1. The van der Waals surface area contributed by atoms with Crippen molar-refractivity contribution in [2.45, 2.75) is 13.5 Å². The number of nitrogens with zero attached hydrogens (tertiary/aromatic N) is 1. The van der Waals surface area contributed by atoms with Crippen LogP contribution in [0.1, 0.15) is 16.7 Å². The molecule has 3 aromatic rings. The summed E-state index contributed by atoms with van der Waals surface area (Å²) in [4.78, 5) is 0. The first-order valence-corrected chi connectivity index (χ1v) is 9.04. The molecule has 27 heavy (non-hydrogen) atoms. The molecule has 0 spiro atoms. The van der Waals surface area contributed by atoms with Gasteiger partial charge in [-0.25, -0.2) is 0 Å². The highest BCUT2D eigenvalue weighted by Crippen LogP contribution is 2.14. The quantitative estimate of drug-likeness (QED) is 0.366. The van der Waals surface area contributed by atoms with Gasteiger partial charge in [0, 0.05) is 5.69 Å². The van der Waals surface area contributed by atoms with Crippen LogP contribution in [-0.2, 0) is 6.61 Å². The van der Waals surface area contributed by atoms with Crippen LogP contribution in [0.4, 0.5) is 5.69 Å². The van der Waals surface area contributed by atoms with Gasteiger partial charge in [0.2, 0.25) is 0 Å². The Labute approximate surface area is 164 Å². The fraction of sp³-hybridized carbons (Fsp3) is 0.0909. The minimum Gasteiger partial charge on any atom is -0.489 e. The van der Waals surface area contributed by atoms with Crippen molar-refractivity contribution in [3.63, 3.8) is 0 Å². The first-order chi connectivity index (χ1) is 13.2. The van der Waals surface area contributed by atoms with E-state index in [0.29, 0.717) is 11.7 Å². The lowest BCUT2D eigenvalue weighted by Crippen LogP contribution is -2.24. The topological polar surface area (TPSA) is 45.7 Å². The molecular weight excluding hydrogens is 354 g/mol. The molecule has 0 aliphatic carbocycles. The SMILES string of the molecule is Cc1ccccc1NC(=S)N/N=C\c1ccc(OCc2ccccc2)cc1. The van der Waals surface area contributed by atoms with Crippen LogP contribution in [0.25, 0.3) is 0 Å². The number of ether oxygens (including phenoxy) is 1. The minimum absolute atomic E-state index is 0.448. The van der Waals surface area contributed by atoms with Crippen molar-refractivity contribution >= 4 is 29.2 Å². The molecule has 0 aliphatic heterocycles. The van der Waals surface area contributed by atoms with E-state index in [0.717, 1.165) is 28.1 Å². The standard InChI is InChI=1S/C22H21N3OS/c1-17-7-5-6-10-21(17)24-22(27)25-23-15-18-11-13-20(14-12-18)26-16-19-8-3-2-4-9-19/h2-15H,16H2,1H3,(H2,24,25,27)/b23-15-. The van der Waals surface area contributed by atoms with Gasteiger partial charge in [0.1, 0.15) is 12.4 Å². The second-order valence-corrected chi connectivity index (χ2v) is 6.39. The summed E-state index contributed by atoms with van der Waals surface area (Å²) in [5.74, 6) is 0.820. The summed E-state index contributed by atoms with van der Waals surface area (Å²) >= 11 is 5.26. The Hall–Kier alpha value is -3.18. The second kappa shape index (κ2) is 9.50. The van der Waals surface area contributed by atoms with E-state index in [1.165, 1.54) is 0 Å². The summed E-state index contributed by atoms with van der Waals surface area (Å²) in [6.45, 7) is 2.57. The van der Waals surface area contributed by atoms with Crippen LogP contribution < -0.4 is 15.5 Å². The van der Waals surface area contributed by atoms with Gasteiger partial charge >= 0.3 is 0 Å². The number of benzene rings is 3. The zero-order valence-electron chi connectivity index (χ0n) is 15.1. The van der Waals surface area contributed by atoms with E-state index < -0.39 is 0 Å². The van der Waals surface area contributed by atoms with E-state index in [1.54, 1.807) is 6.21 Å². The summed E-state index contributed by atoms with van der Waals surface area (Å²) in [6.07, 6.45) is 1.72. The Bertz CT molecular complexity index is 908. The third-order valence-corrected chi connectivity index (χ3v) is 4.09. The Morgan fingerprint density at radius 2 is 1.67 bits per heavy atom. The zero-order chi connectivity index (χ0) is 18.9. The number of para-hydroxylation sites is 1. The lowest BCUT2D eigenvalue weighted by atomic mass is 10.2. The van der Waals surface area contributed by atoms with Gasteiger partial charge in [0.05, 0.1) is 6.21 Å². The van der Waals surface area contributed by atoms with Crippen molar-refractivity contribution in [3.8, 4) is 5.75 Å². The van der Waals surface area contributed by atoms with Crippen LogP contribution in [-0.4, -0.2) is 11.3 Å².